The molecular formula is C17H32N2O. The van der Waals surface area contributed by atoms with E-state index in [1.165, 1.54) is 51.6 Å². The lowest BCUT2D eigenvalue weighted by Crippen LogP contribution is -2.63. The van der Waals surface area contributed by atoms with E-state index in [9.17, 15) is 0 Å². The van der Waals surface area contributed by atoms with Crippen LogP contribution in [0.5, 0.6) is 0 Å². The molecule has 0 aromatic carbocycles. The largest absolute Gasteiger partial charge is 0.380 e. The summed E-state index contributed by atoms with van der Waals surface area (Å²) in [5, 5.41) is 3.84. The quantitative estimate of drug-likeness (QED) is 0.860. The number of nitrogens with one attached hydrogen (secondary N) is 1. The van der Waals surface area contributed by atoms with Gasteiger partial charge in [0.25, 0.3) is 0 Å². The molecule has 3 atom stereocenters. The topological polar surface area (TPSA) is 24.5 Å². The zero-order chi connectivity index (χ0) is 13.9. The van der Waals surface area contributed by atoms with Crippen molar-refractivity contribution in [2.24, 2.45) is 11.8 Å². The highest BCUT2D eigenvalue weighted by molar-refractivity contribution is 4.95. The Morgan fingerprint density at radius 2 is 1.90 bits per heavy atom. The van der Waals surface area contributed by atoms with Gasteiger partial charge in [-0.25, -0.2) is 0 Å². The van der Waals surface area contributed by atoms with Crippen molar-refractivity contribution in [2.45, 2.75) is 70.5 Å². The number of rotatable bonds is 3. The minimum Gasteiger partial charge on any atom is -0.380 e. The van der Waals surface area contributed by atoms with Crippen molar-refractivity contribution in [3.05, 3.63) is 0 Å². The number of hydrogen-bond acceptors (Lipinski definition) is 3. The van der Waals surface area contributed by atoms with Gasteiger partial charge in [0.05, 0.1) is 6.61 Å². The van der Waals surface area contributed by atoms with Gasteiger partial charge in [0.15, 0.2) is 0 Å². The number of hydrogen-bond donors (Lipinski definition) is 1. The van der Waals surface area contributed by atoms with Crippen LogP contribution in [0, 0.1) is 11.8 Å². The molecule has 0 radical (unpaired) electrons. The molecule has 1 saturated carbocycles. The molecule has 3 rings (SSSR count). The first-order valence-corrected chi connectivity index (χ1v) is 8.82. The third kappa shape index (κ3) is 3.20. The molecule has 0 aromatic rings. The third-order valence-electron chi connectivity index (χ3n) is 5.80. The fourth-order valence-electron chi connectivity index (χ4n) is 4.42. The molecule has 0 aromatic heterocycles. The average molecular weight is 280 g/mol. The minimum atomic E-state index is 0.662. The Hall–Kier alpha value is -0.120. The van der Waals surface area contributed by atoms with E-state index in [1.54, 1.807) is 0 Å². The van der Waals surface area contributed by atoms with Gasteiger partial charge in [0.2, 0.25) is 0 Å². The molecule has 0 amide bonds. The summed E-state index contributed by atoms with van der Waals surface area (Å²) in [6.07, 6.45) is 8.49. The van der Waals surface area contributed by atoms with Crippen molar-refractivity contribution < 1.29 is 4.74 Å². The molecule has 3 fully saturated rings. The highest BCUT2D eigenvalue weighted by Crippen LogP contribution is 2.33. The Bertz CT molecular complexity index is 295. The molecule has 0 spiro atoms. The van der Waals surface area contributed by atoms with Crippen LogP contribution in [0.4, 0.5) is 0 Å². The van der Waals surface area contributed by atoms with Crippen molar-refractivity contribution in [3.8, 4) is 0 Å². The van der Waals surface area contributed by atoms with Gasteiger partial charge in [-0.05, 0) is 31.1 Å². The van der Waals surface area contributed by atoms with Crippen LogP contribution < -0.4 is 5.32 Å². The predicted molar refractivity (Wildman–Crippen MR) is 82.9 cm³/mol. The Kier molecular flexibility index (Phi) is 5.00. The average Bonchev–Trinajstić information content (AvgIpc) is 3.01. The van der Waals surface area contributed by atoms with Gasteiger partial charge in [-0.3, -0.25) is 4.90 Å². The highest BCUT2D eigenvalue weighted by Gasteiger charge is 2.39. The maximum Gasteiger partial charge on any atom is 0.0622 e. The number of nitrogens with zero attached hydrogens (tertiary/aromatic N) is 1. The normalized spacial score (nSPS) is 37.6. The van der Waals surface area contributed by atoms with E-state index in [4.69, 9.17) is 4.74 Å². The van der Waals surface area contributed by atoms with Crippen LogP contribution in [0.3, 0.4) is 0 Å². The van der Waals surface area contributed by atoms with Crippen LogP contribution >= 0.6 is 0 Å². The second-order valence-corrected chi connectivity index (χ2v) is 7.44. The molecule has 2 saturated heterocycles. The highest BCUT2D eigenvalue weighted by atomic mass is 16.5. The fourth-order valence-corrected chi connectivity index (χ4v) is 4.42. The molecular weight excluding hydrogens is 248 g/mol. The summed E-state index contributed by atoms with van der Waals surface area (Å²) in [5.41, 5.74) is 0. The van der Waals surface area contributed by atoms with Crippen molar-refractivity contribution in [1.29, 1.82) is 0 Å². The van der Waals surface area contributed by atoms with Crippen molar-refractivity contribution >= 4 is 0 Å². The lowest BCUT2D eigenvalue weighted by atomic mass is 9.81. The summed E-state index contributed by atoms with van der Waals surface area (Å²) < 4.78 is 5.68. The molecule has 3 heteroatoms. The van der Waals surface area contributed by atoms with Crippen molar-refractivity contribution in [2.75, 3.05) is 26.3 Å². The molecule has 2 aliphatic heterocycles. The van der Waals surface area contributed by atoms with Gasteiger partial charge < -0.3 is 10.1 Å². The van der Waals surface area contributed by atoms with E-state index in [1.807, 2.05) is 0 Å². The molecule has 3 unspecified atom stereocenters. The van der Waals surface area contributed by atoms with Crippen LogP contribution in [0.15, 0.2) is 0 Å². The summed E-state index contributed by atoms with van der Waals surface area (Å²) in [7, 11) is 0. The molecule has 3 aliphatic rings. The maximum absolute atomic E-state index is 5.68. The Balaban J connectivity index is 1.69. The molecule has 3 nitrogen and oxygen atoms in total. The van der Waals surface area contributed by atoms with E-state index in [0.29, 0.717) is 12.1 Å². The lowest BCUT2D eigenvalue weighted by Gasteiger charge is -2.48. The van der Waals surface area contributed by atoms with Gasteiger partial charge in [-0.15, -0.1) is 0 Å². The predicted octanol–water partition coefficient (Wildman–Crippen LogP) is 2.65. The molecule has 116 valence electrons. The molecule has 1 N–H and O–H groups in total. The second-order valence-electron chi connectivity index (χ2n) is 7.44. The Labute approximate surface area is 124 Å². The molecule has 2 heterocycles. The summed E-state index contributed by atoms with van der Waals surface area (Å²) in [4.78, 5) is 2.84. The van der Waals surface area contributed by atoms with Crippen LogP contribution in [0.1, 0.15) is 52.4 Å². The first-order chi connectivity index (χ1) is 9.75. The summed E-state index contributed by atoms with van der Waals surface area (Å²) in [6.45, 7) is 9.06. The Morgan fingerprint density at radius 3 is 2.55 bits per heavy atom. The fraction of sp³-hybridized carbons (Fsp3) is 1.00. The number of piperazine rings is 1. The molecule has 20 heavy (non-hydrogen) atoms. The second kappa shape index (κ2) is 6.76. The van der Waals surface area contributed by atoms with Gasteiger partial charge >= 0.3 is 0 Å². The van der Waals surface area contributed by atoms with Gasteiger partial charge in [0, 0.05) is 37.8 Å². The van der Waals surface area contributed by atoms with E-state index in [-0.39, 0.29) is 0 Å². The monoisotopic (exact) mass is 280 g/mol. The maximum atomic E-state index is 5.68. The zero-order valence-electron chi connectivity index (χ0n) is 13.3. The summed E-state index contributed by atoms with van der Waals surface area (Å²) in [5.74, 6) is 1.65. The van der Waals surface area contributed by atoms with Crippen LogP contribution in [0.25, 0.3) is 0 Å². The number of ether oxygens (including phenoxy) is 1. The van der Waals surface area contributed by atoms with Crippen LogP contribution in [0.2, 0.25) is 0 Å². The van der Waals surface area contributed by atoms with E-state index >= 15 is 0 Å². The van der Waals surface area contributed by atoms with Gasteiger partial charge in [-0.2, -0.15) is 0 Å². The van der Waals surface area contributed by atoms with E-state index < -0.39 is 0 Å². The van der Waals surface area contributed by atoms with E-state index in [2.05, 4.69) is 24.1 Å². The summed E-state index contributed by atoms with van der Waals surface area (Å²) >= 11 is 0. The first kappa shape index (κ1) is 14.8. The lowest BCUT2D eigenvalue weighted by molar-refractivity contribution is 0.0224. The van der Waals surface area contributed by atoms with Crippen LogP contribution in [-0.2, 0) is 4.74 Å². The van der Waals surface area contributed by atoms with Crippen molar-refractivity contribution in [1.82, 2.24) is 10.2 Å². The third-order valence-corrected chi connectivity index (χ3v) is 5.80. The summed E-state index contributed by atoms with van der Waals surface area (Å²) in [6, 6.07) is 2.11. The SMILES string of the molecule is CC(C)C1CN(C2CCOC2)C(C2CCCCC2)CN1. The molecule has 1 aliphatic carbocycles. The zero-order valence-corrected chi connectivity index (χ0v) is 13.3. The van der Waals surface area contributed by atoms with Gasteiger partial charge in [0.1, 0.15) is 0 Å². The Morgan fingerprint density at radius 1 is 1.10 bits per heavy atom. The first-order valence-electron chi connectivity index (χ1n) is 8.82. The van der Waals surface area contributed by atoms with Crippen LogP contribution in [-0.4, -0.2) is 49.3 Å². The molecule has 0 bridgehead atoms. The smallest absolute Gasteiger partial charge is 0.0622 e. The van der Waals surface area contributed by atoms with Crippen molar-refractivity contribution in [3.63, 3.8) is 0 Å². The van der Waals surface area contributed by atoms with Gasteiger partial charge in [-0.1, -0.05) is 33.1 Å². The van der Waals surface area contributed by atoms with E-state index in [0.717, 1.165) is 31.1 Å². The standard InChI is InChI=1S/C17H32N2O/c1-13(2)16-11-19(15-8-9-20-12-15)17(10-18-16)14-6-4-3-5-7-14/h13-18H,3-12H2,1-2H3. The minimum absolute atomic E-state index is 0.662.